The molecule has 0 spiro atoms. The van der Waals surface area contributed by atoms with Crippen LogP contribution < -0.4 is 14.9 Å². The minimum atomic E-state index is -4.53. The summed E-state index contributed by atoms with van der Waals surface area (Å²) >= 11 is 6.02. The Morgan fingerprint density at radius 3 is 2.26 bits per heavy atom. The maximum atomic E-state index is 13.8. The Morgan fingerprint density at radius 2 is 1.70 bits per heavy atom. The Morgan fingerprint density at radius 1 is 1.07 bits per heavy atom. The number of rotatable bonds is 8. The van der Waals surface area contributed by atoms with Crippen LogP contribution in [0.25, 0.3) is 0 Å². The standard InChI is InChI=1S/C31H40ClF3N4O3S/c1-19(2)16-25(37-43(42)30(3,4)5)23-17-21(31(33,34)35)8-11-26(23)38-12-14-39(15-13-38)29(41)24-18-27(40)36-28(24)20-6-9-22(32)10-7-20/h6-11,17,19,24-25,28,37H,12-16,18H2,1-5H3,(H,36,40). The number of anilines is 1. The molecule has 2 fully saturated rings. The van der Waals surface area contributed by atoms with Gasteiger partial charge in [-0.15, -0.1) is 0 Å². The molecule has 2 amide bonds. The van der Waals surface area contributed by atoms with E-state index in [9.17, 15) is 27.0 Å². The quantitative estimate of drug-likeness (QED) is 0.370. The van der Waals surface area contributed by atoms with Crippen molar-refractivity contribution in [2.75, 3.05) is 31.1 Å². The molecule has 4 atom stereocenters. The lowest BCUT2D eigenvalue weighted by Gasteiger charge is -2.39. The first kappa shape index (κ1) is 33.3. The van der Waals surface area contributed by atoms with Gasteiger partial charge in [-0.25, -0.2) is 8.93 Å². The molecule has 0 radical (unpaired) electrons. The molecule has 236 valence electrons. The molecule has 4 unspecified atom stereocenters. The summed E-state index contributed by atoms with van der Waals surface area (Å²) in [4.78, 5) is 29.7. The van der Waals surface area contributed by atoms with E-state index in [-0.39, 0.29) is 24.2 Å². The molecule has 2 N–H and O–H groups in total. The Hall–Kier alpha value is -2.63. The fourth-order valence-electron chi connectivity index (χ4n) is 5.58. The van der Waals surface area contributed by atoms with Gasteiger partial charge in [0.1, 0.15) is 0 Å². The molecule has 0 aliphatic carbocycles. The SMILES string of the molecule is CC(C)CC(NS(=O)C(C)(C)C)c1cc(C(F)(F)F)ccc1N1CCN(C(=O)C2CC(=O)NC2c2ccc(Cl)cc2)CC1. The third-order valence-electron chi connectivity index (χ3n) is 7.85. The number of carbonyl (C=O) groups excluding carboxylic acids is 2. The fraction of sp³-hybridized carbons (Fsp3) is 0.548. The van der Waals surface area contributed by atoms with Crippen LogP contribution in [0.3, 0.4) is 0 Å². The van der Waals surface area contributed by atoms with Crippen molar-refractivity contribution in [3.63, 3.8) is 0 Å². The normalized spacial score (nSPS) is 21.2. The van der Waals surface area contributed by atoms with Crippen LogP contribution >= 0.6 is 11.6 Å². The topological polar surface area (TPSA) is 81.8 Å². The van der Waals surface area contributed by atoms with Crippen LogP contribution in [-0.4, -0.2) is 51.8 Å². The van der Waals surface area contributed by atoms with Gasteiger partial charge in [0.05, 0.1) is 33.3 Å². The molecular formula is C31H40ClF3N4O3S. The van der Waals surface area contributed by atoms with E-state index in [1.165, 1.54) is 12.1 Å². The average molecular weight is 641 g/mol. The molecular weight excluding hydrogens is 601 g/mol. The van der Waals surface area contributed by atoms with Crippen molar-refractivity contribution in [3.8, 4) is 0 Å². The highest BCUT2D eigenvalue weighted by Crippen LogP contribution is 2.38. The van der Waals surface area contributed by atoms with Gasteiger partial charge in [0.25, 0.3) is 0 Å². The maximum Gasteiger partial charge on any atom is 0.416 e. The first-order chi connectivity index (χ1) is 20.0. The van der Waals surface area contributed by atoms with Gasteiger partial charge in [0, 0.05) is 49.4 Å². The Bertz CT molecular complexity index is 1340. The molecule has 2 saturated heterocycles. The van der Waals surface area contributed by atoms with E-state index in [0.717, 1.165) is 11.6 Å². The molecule has 12 heteroatoms. The molecule has 4 rings (SSSR count). The summed E-state index contributed by atoms with van der Waals surface area (Å²) < 4.78 is 57.1. The van der Waals surface area contributed by atoms with E-state index in [1.54, 1.807) is 29.2 Å². The predicted molar refractivity (Wildman–Crippen MR) is 164 cm³/mol. The minimum Gasteiger partial charge on any atom is -0.368 e. The van der Waals surface area contributed by atoms with Gasteiger partial charge in [-0.3, -0.25) is 9.59 Å². The van der Waals surface area contributed by atoms with Gasteiger partial charge >= 0.3 is 6.18 Å². The lowest BCUT2D eigenvalue weighted by atomic mass is 9.92. The van der Waals surface area contributed by atoms with E-state index < -0.39 is 45.5 Å². The van der Waals surface area contributed by atoms with Gasteiger partial charge in [-0.2, -0.15) is 13.2 Å². The van der Waals surface area contributed by atoms with Crippen molar-refractivity contribution in [2.45, 2.75) is 70.5 Å². The van der Waals surface area contributed by atoms with Gasteiger partial charge < -0.3 is 15.1 Å². The van der Waals surface area contributed by atoms with Crippen LogP contribution in [0, 0.1) is 11.8 Å². The summed E-state index contributed by atoms with van der Waals surface area (Å²) in [5, 5.41) is 3.47. The molecule has 0 saturated carbocycles. The number of hydrogen-bond donors (Lipinski definition) is 2. The number of alkyl halides is 3. The van der Waals surface area contributed by atoms with Crippen molar-refractivity contribution in [1.29, 1.82) is 0 Å². The minimum absolute atomic E-state index is 0.0862. The highest BCUT2D eigenvalue weighted by Gasteiger charge is 2.41. The number of nitrogens with one attached hydrogen (secondary N) is 2. The fourth-order valence-corrected chi connectivity index (χ4v) is 6.54. The first-order valence-electron chi connectivity index (χ1n) is 14.5. The second-order valence-corrected chi connectivity index (χ2v) is 15.1. The lowest BCUT2D eigenvalue weighted by Crippen LogP contribution is -2.51. The Balaban J connectivity index is 1.57. The summed E-state index contributed by atoms with van der Waals surface area (Å²) in [5.74, 6) is -0.760. The van der Waals surface area contributed by atoms with Crippen LogP contribution in [0.1, 0.15) is 76.2 Å². The number of piperazine rings is 1. The third kappa shape index (κ3) is 8.10. The van der Waals surface area contributed by atoms with Crippen molar-refractivity contribution in [1.82, 2.24) is 14.9 Å². The van der Waals surface area contributed by atoms with Crippen molar-refractivity contribution in [2.24, 2.45) is 11.8 Å². The smallest absolute Gasteiger partial charge is 0.368 e. The maximum absolute atomic E-state index is 13.8. The molecule has 2 heterocycles. The average Bonchev–Trinajstić information content (AvgIpc) is 3.32. The van der Waals surface area contributed by atoms with Gasteiger partial charge in [0.15, 0.2) is 0 Å². The third-order valence-corrected chi connectivity index (χ3v) is 9.71. The van der Waals surface area contributed by atoms with Crippen molar-refractivity contribution >= 4 is 40.1 Å². The van der Waals surface area contributed by atoms with Crippen LogP contribution in [0.15, 0.2) is 42.5 Å². The highest BCUT2D eigenvalue weighted by atomic mass is 35.5. The first-order valence-corrected chi connectivity index (χ1v) is 16.0. The molecule has 2 aliphatic heterocycles. The van der Waals surface area contributed by atoms with Gasteiger partial charge in [-0.05, 0) is 74.6 Å². The van der Waals surface area contributed by atoms with E-state index in [0.29, 0.717) is 48.9 Å². The number of hydrogen-bond acceptors (Lipinski definition) is 4. The molecule has 2 aromatic carbocycles. The molecule has 2 aromatic rings. The summed E-state index contributed by atoms with van der Waals surface area (Å²) in [7, 11) is -1.51. The summed E-state index contributed by atoms with van der Waals surface area (Å²) in [6.45, 7) is 10.9. The molecule has 43 heavy (non-hydrogen) atoms. The van der Waals surface area contributed by atoms with E-state index >= 15 is 0 Å². The second-order valence-electron chi connectivity index (χ2n) is 12.7. The largest absolute Gasteiger partial charge is 0.416 e. The van der Waals surface area contributed by atoms with Crippen molar-refractivity contribution < 1.29 is 27.0 Å². The van der Waals surface area contributed by atoms with E-state index in [2.05, 4.69) is 10.0 Å². The Labute approximate surface area is 259 Å². The summed E-state index contributed by atoms with van der Waals surface area (Å²) in [6.07, 6.45) is -3.95. The van der Waals surface area contributed by atoms with Gasteiger partial charge in [0.2, 0.25) is 11.8 Å². The second kappa shape index (κ2) is 13.2. The zero-order valence-corrected chi connectivity index (χ0v) is 26.7. The zero-order chi connectivity index (χ0) is 31.7. The van der Waals surface area contributed by atoms with Crippen molar-refractivity contribution in [3.05, 3.63) is 64.2 Å². The van der Waals surface area contributed by atoms with Crippen LogP contribution in [0.4, 0.5) is 18.9 Å². The molecule has 0 aromatic heterocycles. The van der Waals surface area contributed by atoms with Crippen LogP contribution in [-0.2, 0) is 26.8 Å². The Kier molecular flexibility index (Phi) is 10.2. The summed E-state index contributed by atoms with van der Waals surface area (Å²) in [5.41, 5.74) is 1.11. The van der Waals surface area contributed by atoms with Gasteiger partial charge in [-0.1, -0.05) is 37.6 Å². The highest BCUT2D eigenvalue weighted by molar-refractivity contribution is 7.84. The monoisotopic (exact) mass is 640 g/mol. The number of carbonyl (C=O) groups is 2. The van der Waals surface area contributed by atoms with Crippen LogP contribution in [0.2, 0.25) is 5.02 Å². The summed E-state index contributed by atoms with van der Waals surface area (Å²) in [6, 6.07) is 9.75. The molecule has 0 bridgehead atoms. The molecule has 2 aliphatic rings. The number of benzene rings is 2. The zero-order valence-electron chi connectivity index (χ0n) is 25.1. The molecule has 7 nitrogen and oxygen atoms in total. The van der Waals surface area contributed by atoms with E-state index in [1.807, 2.05) is 39.5 Å². The lowest BCUT2D eigenvalue weighted by molar-refractivity contribution is -0.138. The predicted octanol–water partition coefficient (Wildman–Crippen LogP) is 6.02. The number of halogens is 4. The van der Waals surface area contributed by atoms with E-state index in [4.69, 9.17) is 11.6 Å². The number of amides is 2. The number of nitrogens with zero attached hydrogens (tertiary/aromatic N) is 2. The van der Waals surface area contributed by atoms with Crippen LogP contribution in [0.5, 0.6) is 0 Å².